The molecule has 2 heterocycles. The van der Waals surface area contributed by atoms with Crippen LogP contribution in [0.3, 0.4) is 0 Å². The topological polar surface area (TPSA) is 26.8 Å². The zero-order valence-corrected chi connectivity index (χ0v) is 23.8. The zero-order chi connectivity index (χ0) is 28.5. The fourth-order valence-corrected chi connectivity index (χ4v) is 5.88. The van der Waals surface area contributed by atoms with Crippen LogP contribution in [0.2, 0.25) is 0 Å². The minimum atomic E-state index is -4.38. The third kappa shape index (κ3) is 7.70. The van der Waals surface area contributed by atoms with Gasteiger partial charge in [0.1, 0.15) is 0 Å². The van der Waals surface area contributed by atoms with E-state index in [1.807, 2.05) is 90.4 Å². The Balaban J connectivity index is 0.000000867. The number of piperazine rings is 1. The summed E-state index contributed by atoms with van der Waals surface area (Å²) < 4.78 is 40.3. The Morgan fingerprint density at radius 2 is 1.48 bits per heavy atom. The maximum absolute atomic E-state index is 13.4. The predicted octanol–water partition coefficient (Wildman–Crippen LogP) is 7.67. The monoisotopic (exact) mass is 567 g/mol. The van der Waals surface area contributed by atoms with Gasteiger partial charge in [0.25, 0.3) is 0 Å². The normalized spacial score (nSPS) is 15.3. The first-order valence-corrected chi connectivity index (χ1v) is 14.5. The number of hydrogen-bond donors (Lipinski definition) is 0. The number of carbonyl (C=O) groups excluding carboxylic acids is 1. The molecule has 0 radical (unpaired) electrons. The van der Waals surface area contributed by atoms with Crippen molar-refractivity contribution >= 4 is 29.0 Å². The molecule has 0 unspecified atom stereocenters. The maximum atomic E-state index is 13.4. The molecule has 0 N–H and O–H groups in total. The molecule has 0 aliphatic carbocycles. The van der Waals surface area contributed by atoms with Crippen molar-refractivity contribution in [1.82, 2.24) is 9.80 Å². The Morgan fingerprint density at radius 1 is 0.825 bits per heavy atom. The summed E-state index contributed by atoms with van der Waals surface area (Å²) in [6.45, 7) is 8.47. The van der Waals surface area contributed by atoms with Gasteiger partial charge in [-0.25, -0.2) is 0 Å². The summed E-state index contributed by atoms with van der Waals surface area (Å²) in [5.41, 5.74) is 1.97. The molecule has 0 spiro atoms. The van der Waals surface area contributed by atoms with E-state index >= 15 is 0 Å². The van der Waals surface area contributed by atoms with Gasteiger partial charge >= 0.3 is 6.18 Å². The Morgan fingerprint density at radius 3 is 2.15 bits per heavy atom. The Bertz CT molecular complexity index is 1280. The molecule has 3 aromatic carbocycles. The van der Waals surface area contributed by atoms with Crippen LogP contribution in [-0.4, -0.2) is 55.0 Å². The van der Waals surface area contributed by atoms with E-state index in [4.69, 9.17) is 0 Å². The van der Waals surface area contributed by atoms with Crippen LogP contribution in [0.4, 0.5) is 24.5 Å². The molecule has 1 saturated heterocycles. The number of hydrogen-bond acceptors (Lipinski definition) is 4. The molecule has 0 atom stereocenters. The van der Waals surface area contributed by atoms with E-state index in [9.17, 15) is 18.0 Å². The van der Waals surface area contributed by atoms with Gasteiger partial charge in [-0.2, -0.15) is 13.2 Å². The summed E-state index contributed by atoms with van der Waals surface area (Å²) in [6, 6.07) is 21.7. The van der Waals surface area contributed by atoms with Gasteiger partial charge in [0, 0.05) is 42.5 Å². The van der Waals surface area contributed by atoms with Crippen LogP contribution in [0.15, 0.2) is 94.7 Å². The Kier molecular flexibility index (Phi) is 10.3. The molecule has 8 heteroatoms. The highest BCUT2D eigenvalue weighted by molar-refractivity contribution is 7.99. The smallest absolute Gasteiger partial charge is 0.340 e. The van der Waals surface area contributed by atoms with Crippen LogP contribution in [0.5, 0.6) is 0 Å². The van der Waals surface area contributed by atoms with Crippen LogP contribution in [0, 0.1) is 0 Å². The van der Waals surface area contributed by atoms with Gasteiger partial charge in [0.2, 0.25) is 5.91 Å². The molecule has 1 fully saturated rings. The van der Waals surface area contributed by atoms with Crippen LogP contribution >= 0.6 is 11.8 Å². The largest absolute Gasteiger partial charge is 0.416 e. The lowest BCUT2D eigenvalue weighted by atomic mass is 10.1. The first-order chi connectivity index (χ1) is 19.3. The standard InChI is InChI=1S/C28H28F3N3OS.C4H8/c29-28(30,31)22-11-12-26-24(20-22)34(23-9-4-5-10-25(23)36-26)14-6-13-32-15-17-33(18-16-32)27(35)19-21-7-2-1-3-8-21;1-3-4-2/h1-5,7-12,20H,6,13-19H2;3-4H,1-2H3/b;4-3-. The van der Waals surface area contributed by atoms with Crippen molar-refractivity contribution < 1.29 is 18.0 Å². The van der Waals surface area contributed by atoms with Gasteiger partial charge in [0.05, 0.1) is 23.4 Å². The minimum Gasteiger partial charge on any atom is -0.340 e. The highest BCUT2D eigenvalue weighted by Crippen LogP contribution is 2.49. The number of carbonyl (C=O) groups is 1. The Hall–Kier alpha value is -3.23. The second kappa shape index (κ2) is 13.9. The fourth-order valence-electron chi connectivity index (χ4n) is 4.80. The van der Waals surface area contributed by atoms with Gasteiger partial charge in [-0.15, -0.1) is 0 Å². The second-order valence-corrected chi connectivity index (χ2v) is 10.9. The fraction of sp³-hybridized carbons (Fsp3) is 0.344. The van der Waals surface area contributed by atoms with Crippen molar-refractivity contribution in [2.24, 2.45) is 0 Å². The Labute approximate surface area is 239 Å². The number of amides is 1. The summed E-state index contributed by atoms with van der Waals surface area (Å²) >= 11 is 1.51. The molecule has 3 aromatic rings. The zero-order valence-electron chi connectivity index (χ0n) is 23.0. The molecule has 0 bridgehead atoms. The molecule has 5 rings (SSSR count). The van der Waals surface area contributed by atoms with Crippen molar-refractivity contribution in [2.75, 3.05) is 44.2 Å². The van der Waals surface area contributed by atoms with Crippen LogP contribution in [-0.2, 0) is 17.4 Å². The highest BCUT2D eigenvalue weighted by Gasteiger charge is 2.33. The first-order valence-electron chi connectivity index (χ1n) is 13.7. The van der Waals surface area contributed by atoms with Gasteiger partial charge in [0.15, 0.2) is 0 Å². The number of nitrogens with zero attached hydrogens (tertiary/aromatic N) is 3. The van der Waals surface area contributed by atoms with Crippen LogP contribution in [0.25, 0.3) is 0 Å². The van der Waals surface area contributed by atoms with E-state index in [2.05, 4.69) is 4.90 Å². The lowest BCUT2D eigenvalue weighted by Crippen LogP contribution is -2.49. The average Bonchev–Trinajstić information content (AvgIpc) is 2.97. The number of fused-ring (bicyclic) bond motifs is 2. The SMILES string of the molecule is C/C=C\C.O=C(Cc1ccccc1)N1CCN(CCCN2c3ccccc3Sc3ccc(C(F)(F)F)cc32)CC1. The van der Waals surface area contributed by atoms with E-state index in [-0.39, 0.29) is 5.91 Å². The highest BCUT2D eigenvalue weighted by atomic mass is 32.2. The molecule has 40 heavy (non-hydrogen) atoms. The molecule has 2 aliphatic heterocycles. The van der Waals surface area contributed by atoms with Crippen molar-refractivity contribution in [3.63, 3.8) is 0 Å². The van der Waals surface area contributed by atoms with Gasteiger partial charge in [-0.3, -0.25) is 9.69 Å². The maximum Gasteiger partial charge on any atom is 0.416 e. The van der Waals surface area contributed by atoms with E-state index < -0.39 is 11.7 Å². The van der Waals surface area contributed by atoms with E-state index in [0.717, 1.165) is 53.2 Å². The molecule has 0 aromatic heterocycles. The predicted molar refractivity (Wildman–Crippen MR) is 157 cm³/mol. The third-order valence-electron chi connectivity index (χ3n) is 7.07. The number of rotatable bonds is 6. The molecule has 1 amide bonds. The van der Waals surface area contributed by atoms with E-state index in [0.29, 0.717) is 31.7 Å². The third-order valence-corrected chi connectivity index (χ3v) is 8.20. The molecular formula is C32H36F3N3OS. The van der Waals surface area contributed by atoms with Crippen molar-refractivity contribution in [1.29, 1.82) is 0 Å². The summed E-state index contributed by atoms with van der Waals surface area (Å²) in [5, 5.41) is 0. The van der Waals surface area contributed by atoms with Gasteiger partial charge in [-0.05, 0) is 62.7 Å². The lowest BCUT2D eigenvalue weighted by Gasteiger charge is -2.36. The summed E-state index contributed by atoms with van der Waals surface area (Å²) in [7, 11) is 0. The minimum absolute atomic E-state index is 0.153. The molecule has 212 valence electrons. The van der Waals surface area contributed by atoms with Crippen molar-refractivity contribution in [3.8, 4) is 0 Å². The molecule has 2 aliphatic rings. The van der Waals surface area contributed by atoms with Gasteiger partial charge in [-0.1, -0.05) is 66.4 Å². The van der Waals surface area contributed by atoms with Gasteiger partial charge < -0.3 is 9.80 Å². The number of alkyl halides is 3. The number of anilines is 2. The molecule has 4 nitrogen and oxygen atoms in total. The quantitative estimate of drug-likeness (QED) is 0.286. The van der Waals surface area contributed by atoms with E-state index in [1.165, 1.54) is 17.8 Å². The summed E-state index contributed by atoms with van der Waals surface area (Å²) in [5.74, 6) is 0.153. The molecule has 0 saturated carbocycles. The summed E-state index contributed by atoms with van der Waals surface area (Å²) in [6.07, 6.45) is 0.860. The summed E-state index contributed by atoms with van der Waals surface area (Å²) in [4.78, 5) is 20.8. The number of halogens is 3. The number of para-hydroxylation sites is 1. The number of allylic oxidation sites excluding steroid dienone is 2. The number of benzene rings is 3. The molecular weight excluding hydrogens is 531 g/mol. The average molecular weight is 568 g/mol. The first kappa shape index (κ1) is 29.7. The lowest BCUT2D eigenvalue weighted by molar-refractivity contribution is -0.137. The van der Waals surface area contributed by atoms with Crippen molar-refractivity contribution in [3.05, 3.63) is 96.1 Å². The van der Waals surface area contributed by atoms with Crippen molar-refractivity contribution in [2.45, 2.75) is 42.7 Å². The van der Waals surface area contributed by atoms with Crippen LogP contribution < -0.4 is 4.90 Å². The van der Waals surface area contributed by atoms with E-state index in [1.54, 1.807) is 6.07 Å². The van der Waals surface area contributed by atoms with Crippen LogP contribution in [0.1, 0.15) is 31.4 Å². The second-order valence-electron chi connectivity index (χ2n) is 9.81.